The Bertz CT molecular complexity index is 1050. The molecule has 30 heavy (non-hydrogen) atoms. The SMILES string of the molecule is O=C(NC(c1ccccc1)c1ccccc1)c1cc(S(=O)(=O)N2CCSCC2)c[nH]1. The van der Waals surface area contributed by atoms with E-state index in [-0.39, 0.29) is 22.5 Å². The highest BCUT2D eigenvalue weighted by Gasteiger charge is 2.28. The molecule has 156 valence electrons. The molecule has 1 fully saturated rings. The second-order valence-corrected chi connectivity index (χ2v) is 10.2. The van der Waals surface area contributed by atoms with Gasteiger partial charge in [-0.25, -0.2) is 8.42 Å². The van der Waals surface area contributed by atoms with Gasteiger partial charge in [0, 0.05) is 30.8 Å². The Kier molecular flexibility index (Phi) is 6.26. The minimum absolute atomic E-state index is 0.121. The number of rotatable bonds is 6. The summed E-state index contributed by atoms with van der Waals surface area (Å²) in [5.74, 6) is 1.21. The van der Waals surface area contributed by atoms with Gasteiger partial charge in [-0.15, -0.1) is 0 Å². The van der Waals surface area contributed by atoms with Gasteiger partial charge >= 0.3 is 0 Å². The summed E-state index contributed by atoms with van der Waals surface area (Å²) in [6.45, 7) is 0.980. The van der Waals surface area contributed by atoms with E-state index in [0.29, 0.717) is 13.1 Å². The predicted octanol–water partition coefficient (Wildman–Crippen LogP) is 3.27. The van der Waals surface area contributed by atoms with Crippen molar-refractivity contribution in [2.75, 3.05) is 24.6 Å². The largest absolute Gasteiger partial charge is 0.356 e. The number of carbonyl (C=O) groups is 1. The summed E-state index contributed by atoms with van der Waals surface area (Å²) in [4.78, 5) is 15.9. The topological polar surface area (TPSA) is 82.3 Å². The summed E-state index contributed by atoms with van der Waals surface area (Å²) in [5, 5.41) is 3.03. The fourth-order valence-corrected chi connectivity index (χ4v) is 6.02. The molecule has 0 spiro atoms. The number of benzene rings is 2. The number of nitrogens with zero attached hydrogens (tertiary/aromatic N) is 1. The minimum Gasteiger partial charge on any atom is -0.356 e. The zero-order chi connectivity index (χ0) is 21.0. The molecule has 0 atom stereocenters. The lowest BCUT2D eigenvalue weighted by molar-refractivity contribution is 0.0938. The Labute approximate surface area is 180 Å². The molecule has 1 saturated heterocycles. The molecule has 3 aromatic rings. The first-order valence-electron chi connectivity index (χ1n) is 9.73. The van der Waals surface area contributed by atoms with Gasteiger partial charge in [-0.05, 0) is 17.2 Å². The summed E-state index contributed by atoms with van der Waals surface area (Å²) < 4.78 is 27.2. The van der Waals surface area contributed by atoms with Crippen LogP contribution in [-0.4, -0.2) is 48.2 Å². The summed E-state index contributed by atoms with van der Waals surface area (Å²) in [6, 6.07) is 20.4. The average Bonchev–Trinajstić information content (AvgIpc) is 3.31. The molecule has 1 amide bonds. The van der Waals surface area contributed by atoms with Crippen LogP contribution in [-0.2, 0) is 10.0 Å². The fourth-order valence-electron chi connectivity index (χ4n) is 3.45. The summed E-state index contributed by atoms with van der Waals surface area (Å²) >= 11 is 1.74. The van der Waals surface area contributed by atoms with E-state index in [1.54, 1.807) is 11.8 Å². The zero-order valence-electron chi connectivity index (χ0n) is 16.3. The van der Waals surface area contributed by atoms with Gasteiger partial charge in [0.1, 0.15) is 10.6 Å². The lowest BCUT2D eigenvalue weighted by Crippen LogP contribution is -2.37. The number of aromatic nitrogens is 1. The molecule has 0 bridgehead atoms. The second kappa shape index (κ2) is 9.07. The van der Waals surface area contributed by atoms with E-state index in [1.807, 2.05) is 60.7 Å². The van der Waals surface area contributed by atoms with Crippen molar-refractivity contribution in [1.82, 2.24) is 14.6 Å². The van der Waals surface area contributed by atoms with Gasteiger partial charge in [-0.1, -0.05) is 60.7 Å². The third-order valence-corrected chi connectivity index (χ3v) is 7.87. The van der Waals surface area contributed by atoms with Crippen LogP contribution in [0.25, 0.3) is 0 Å². The van der Waals surface area contributed by atoms with Crippen LogP contribution in [0, 0.1) is 0 Å². The van der Waals surface area contributed by atoms with E-state index in [9.17, 15) is 13.2 Å². The molecule has 1 aliphatic heterocycles. The third-order valence-electron chi connectivity index (χ3n) is 5.05. The molecular formula is C22H23N3O3S2. The molecule has 1 aliphatic rings. The highest BCUT2D eigenvalue weighted by atomic mass is 32.2. The maximum Gasteiger partial charge on any atom is 0.268 e. The Balaban J connectivity index is 1.57. The van der Waals surface area contributed by atoms with E-state index in [1.165, 1.54) is 16.6 Å². The van der Waals surface area contributed by atoms with Crippen molar-refractivity contribution in [3.8, 4) is 0 Å². The molecule has 4 rings (SSSR count). The highest BCUT2D eigenvalue weighted by Crippen LogP contribution is 2.24. The van der Waals surface area contributed by atoms with Crippen molar-refractivity contribution >= 4 is 27.7 Å². The number of amides is 1. The van der Waals surface area contributed by atoms with Gasteiger partial charge in [0.25, 0.3) is 5.91 Å². The lowest BCUT2D eigenvalue weighted by atomic mass is 9.98. The van der Waals surface area contributed by atoms with E-state index < -0.39 is 10.0 Å². The Morgan fingerprint density at radius 3 is 2.10 bits per heavy atom. The van der Waals surface area contributed by atoms with Gasteiger partial charge in [0.2, 0.25) is 10.0 Å². The van der Waals surface area contributed by atoms with Gasteiger partial charge in [0.05, 0.1) is 6.04 Å². The number of carbonyl (C=O) groups excluding carboxylic acids is 1. The molecule has 6 nitrogen and oxygen atoms in total. The molecule has 1 aromatic heterocycles. The van der Waals surface area contributed by atoms with Crippen LogP contribution in [0.2, 0.25) is 0 Å². The van der Waals surface area contributed by atoms with Gasteiger partial charge in [0.15, 0.2) is 0 Å². The first-order valence-corrected chi connectivity index (χ1v) is 12.3. The molecule has 0 aliphatic carbocycles. The smallest absolute Gasteiger partial charge is 0.268 e. The Hall–Kier alpha value is -2.55. The van der Waals surface area contributed by atoms with E-state index in [0.717, 1.165) is 22.6 Å². The summed E-state index contributed by atoms with van der Waals surface area (Å²) in [5.41, 5.74) is 2.11. The quantitative estimate of drug-likeness (QED) is 0.615. The molecule has 0 saturated carbocycles. The number of aromatic amines is 1. The summed E-state index contributed by atoms with van der Waals surface area (Å²) in [6.07, 6.45) is 1.39. The van der Waals surface area contributed by atoms with Crippen LogP contribution in [0.3, 0.4) is 0 Å². The molecule has 0 radical (unpaired) electrons. The third kappa shape index (κ3) is 4.45. The number of H-pyrrole nitrogens is 1. The fraction of sp³-hybridized carbons (Fsp3) is 0.227. The van der Waals surface area contributed by atoms with E-state index in [2.05, 4.69) is 10.3 Å². The van der Waals surface area contributed by atoms with E-state index in [4.69, 9.17) is 0 Å². The Morgan fingerprint density at radius 1 is 0.967 bits per heavy atom. The van der Waals surface area contributed by atoms with Crippen molar-refractivity contribution < 1.29 is 13.2 Å². The standard InChI is InChI=1S/C22H23N3O3S2/c26-22(20-15-19(16-23-20)30(27,28)25-11-13-29-14-12-25)24-21(17-7-3-1-4-8-17)18-9-5-2-6-10-18/h1-10,15-16,21,23H,11-14H2,(H,24,26). The van der Waals surface area contributed by atoms with Crippen LogP contribution in [0.5, 0.6) is 0 Å². The van der Waals surface area contributed by atoms with Crippen LogP contribution < -0.4 is 5.32 Å². The molecule has 2 aromatic carbocycles. The van der Waals surface area contributed by atoms with Crippen molar-refractivity contribution in [3.63, 3.8) is 0 Å². The second-order valence-electron chi connectivity index (χ2n) is 6.99. The number of hydrogen-bond acceptors (Lipinski definition) is 4. The monoisotopic (exact) mass is 441 g/mol. The van der Waals surface area contributed by atoms with E-state index >= 15 is 0 Å². The molecule has 2 N–H and O–H groups in total. The van der Waals surface area contributed by atoms with Crippen molar-refractivity contribution in [1.29, 1.82) is 0 Å². The maximum absolute atomic E-state index is 13.0. The zero-order valence-corrected chi connectivity index (χ0v) is 18.0. The van der Waals surface area contributed by atoms with Crippen LogP contribution in [0.1, 0.15) is 27.7 Å². The van der Waals surface area contributed by atoms with Gasteiger partial charge in [-0.2, -0.15) is 16.1 Å². The normalized spacial score (nSPS) is 15.2. The first kappa shape index (κ1) is 20.7. The van der Waals surface area contributed by atoms with Crippen molar-refractivity contribution in [2.24, 2.45) is 0 Å². The summed E-state index contributed by atoms with van der Waals surface area (Å²) in [7, 11) is -3.60. The first-order chi connectivity index (χ1) is 14.6. The maximum atomic E-state index is 13.0. The molecule has 8 heteroatoms. The average molecular weight is 442 g/mol. The molecule has 2 heterocycles. The number of thioether (sulfide) groups is 1. The lowest BCUT2D eigenvalue weighted by Gasteiger charge is -2.24. The Morgan fingerprint density at radius 2 is 1.53 bits per heavy atom. The number of sulfonamides is 1. The van der Waals surface area contributed by atoms with Gasteiger partial charge < -0.3 is 10.3 Å². The highest BCUT2D eigenvalue weighted by molar-refractivity contribution is 7.99. The van der Waals surface area contributed by atoms with Crippen LogP contribution in [0.4, 0.5) is 0 Å². The predicted molar refractivity (Wildman–Crippen MR) is 119 cm³/mol. The molecule has 0 unspecified atom stereocenters. The number of hydrogen-bond donors (Lipinski definition) is 2. The van der Waals surface area contributed by atoms with Crippen molar-refractivity contribution in [2.45, 2.75) is 10.9 Å². The van der Waals surface area contributed by atoms with Crippen molar-refractivity contribution in [3.05, 3.63) is 89.7 Å². The van der Waals surface area contributed by atoms with Gasteiger partial charge in [-0.3, -0.25) is 4.79 Å². The minimum atomic E-state index is -3.60. The van der Waals surface area contributed by atoms with Crippen LogP contribution in [0.15, 0.2) is 77.8 Å². The van der Waals surface area contributed by atoms with Crippen LogP contribution >= 0.6 is 11.8 Å². The number of nitrogens with one attached hydrogen (secondary N) is 2. The molecular weight excluding hydrogens is 418 g/mol.